The Bertz CT molecular complexity index is 278. The number of hydrogen-bond acceptors (Lipinski definition) is 3. The second-order valence-electron chi connectivity index (χ2n) is 3.40. The summed E-state index contributed by atoms with van der Waals surface area (Å²) in [7, 11) is 0. The number of hydrogen-bond donors (Lipinski definition) is 1. The van der Waals surface area contributed by atoms with Crippen molar-refractivity contribution in [2.75, 3.05) is 11.5 Å². The van der Waals surface area contributed by atoms with Crippen molar-refractivity contribution >= 4 is 27.7 Å². The molecule has 84 valence electrons. The fourth-order valence-corrected chi connectivity index (χ4v) is 2.27. The average molecular weight is 290 g/mol. The zero-order valence-corrected chi connectivity index (χ0v) is 11.2. The van der Waals surface area contributed by atoms with Crippen LogP contribution in [0.1, 0.15) is 19.0 Å². The largest absolute Gasteiger partial charge is 0.392 e. The Kier molecular flexibility index (Phi) is 6.29. The van der Waals surface area contributed by atoms with E-state index in [0.29, 0.717) is 6.42 Å². The van der Waals surface area contributed by atoms with Gasteiger partial charge in [-0.3, -0.25) is 4.98 Å². The van der Waals surface area contributed by atoms with E-state index < -0.39 is 0 Å². The second-order valence-corrected chi connectivity index (χ2v) is 5.47. The first-order chi connectivity index (χ1) is 7.22. The highest BCUT2D eigenvalue weighted by Gasteiger charge is 2.06. The minimum atomic E-state index is -0.282. The lowest BCUT2D eigenvalue weighted by Gasteiger charge is -2.09. The van der Waals surface area contributed by atoms with E-state index in [-0.39, 0.29) is 6.10 Å². The van der Waals surface area contributed by atoms with E-state index in [9.17, 15) is 5.11 Å². The molecule has 0 aliphatic rings. The number of nitrogens with zero attached hydrogens (tertiary/aromatic N) is 1. The summed E-state index contributed by atoms with van der Waals surface area (Å²) in [5.41, 5.74) is 0.947. The maximum absolute atomic E-state index is 9.73. The van der Waals surface area contributed by atoms with Gasteiger partial charge in [-0.15, -0.1) is 0 Å². The molecule has 0 radical (unpaired) electrons. The molecule has 15 heavy (non-hydrogen) atoms. The highest BCUT2D eigenvalue weighted by Crippen LogP contribution is 2.11. The first-order valence-corrected chi connectivity index (χ1v) is 7.03. The van der Waals surface area contributed by atoms with Gasteiger partial charge in [0.1, 0.15) is 0 Å². The zero-order chi connectivity index (χ0) is 11.1. The van der Waals surface area contributed by atoms with Crippen molar-refractivity contribution in [3.05, 3.63) is 28.5 Å². The molecule has 0 spiro atoms. The molecule has 1 N–H and O–H groups in total. The smallest absolute Gasteiger partial charge is 0.0685 e. The quantitative estimate of drug-likeness (QED) is 0.818. The molecule has 0 bridgehead atoms. The number of aliphatic hydroxyl groups is 1. The van der Waals surface area contributed by atoms with Crippen LogP contribution in [0, 0.1) is 0 Å². The fourth-order valence-electron chi connectivity index (χ4n) is 1.19. The molecule has 0 aliphatic carbocycles. The third-order valence-electron chi connectivity index (χ3n) is 1.89. The summed E-state index contributed by atoms with van der Waals surface area (Å²) < 4.78 is 0.973. The van der Waals surface area contributed by atoms with Crippen molar-refractivity contribution in [2.45, 2.75) is 25.9 Å². The van der Waals surface area contributed by atoms with Crippen LogP contribution in [0.25, 0.3) is 0 Å². The zero-order valence-electron chi connectivity index (χ0n) is 8.82. The molecule has 1 atom stereocenters. The van der Waals surface area contributed by atoms with Gasteiger partial charge in [0.2, 0.25) is 0 Å². The van der Waals surface area contributed by atoms with Crippen LogP contribution in [0.4, 0.5) is 0 Å². The molecule has 0 saturated carbocycles. The predicted octanol–water partition coefficient (Wildman–Crippen LogP) is 2.89. The van der Waals surface area contributed by atoms with E-state index in [2.05, 4.69) is 27.8 Å². The van der Waals surface area contributed by atoms with Gasteiger partial charge < -0.3 is 5.11 Å². The highest BCUT2D eigenvalue weighted by molar-refractivity contribution is 9.10. The van der Waals surface area contributed by atoms with Gasteiger partial charge >= 0.3 is 0 Å². The van der Waals surface area contributed by atoms with Gasteiger partial charge in [0.05, 0.1) is 6.10 Å². The summed E-state index contributed by atoms with van der Waals surface area (Å²) >= 11 is 5.13. The van der Waals surface area contributed by atoms with Crippen molar-refractivity contribution in [3.8, 4) is 0 Å². The SMILES string of the molecule is CCCSCC(O)Cc1ccc(Br)cn1. The summed E-state index contributed by atoms with van der Waals surface area (Å²) in [5, 5.41) is 9.73. The standard InChI is InChI=1S/C11H16BrNOS/c1-2-5-15-8-11(14)6-10-4-3-9(12)7-13-10/h3-4,7,11,14H,2,5-6,8H2,1H3. The Balaban J connectivity index is 2.31. The molecule has 1 rings (SSSR count). The highest BCUT2D eigenvalue weighted by atomic mass is 79.9. The Labute approximate surface area is 104 Å². The van der Waals surface area contributed by atoms with Gasteiger partial charge in [-0.25, -0.2) is 0 Å². The van der Waals surface area contributed by atoms with Crippen molar-refractivity contribution in [1.29, 1.82) is 0 Å². The summed E-state index contributed by atoms with van der Waals surface area (Å²) in [6, 6.07) is 3.89. The molecular formula is C11H16BrNOS. The molecule has 1 unspecified atom stereocenters. The minimum Gasteiger partial charge on any atom is -0.392 e. The van der Waals surface area contributed by atoms with Crippen molar-refractivity contribution in [1.82, 2.24) is 4.98 Å². The van der Waals surface area contributed by atoms with E-state index in [1.54, 1.807) is 18.0 Å². The molecule has 0 aliphatic heterocycles. The average Bonchev–Trinajstić information content (AvgIpc) is 2.22. The number of halogens is 1. The molecule has 1 aromatic heterocycles. The Hall–Kier alpha value is -0.0600. The molecule has 0 aromatic carbocycles. The third-order valence-corrected chi connectivity index (χ3v) is 3.68. The van der Waals surface area contributed by atoms with Gasteiger partial charge in [0, 0.05) is 28.5 Å². The van der Waals surface area contributed by atoms with E-state index in [1.807, 2.05) is 12.1 Å². The predicted molar refractivity (Wildman–Crippen MR) is 69.3 cm³/mol. The van der Waals surface area contributed by atoms with Crippen LogP contribution in [0.3, 0.4) is 0 Å². The lowest BCUT2D eigenvalue weighted by atomic mass is 10.2. The molecule has 0 saturated heterocycles. The normalized spacial score (nSPS) is 12.7. The number of rotatable bonds is 6. The van der Waals surface area contributed by atoms with E-state index in [4.69, 9.17) is 0 Å². The lowest BCUT2D eigenvalue weighted by Crippen LogP contribution is -2.14. The van der Waals surface area contributed by atoms with Crippen LogP contribution in [-0.2, 0) is 6.42 Å². The van der Waals surface area contributed by atoms with Crippen LogP contribution in [0.2, 0.25) is 0 Å². The molecule has 2 nitrogen and oxygen atoms in total. The van der Waals surface area contributed by atoms with Crippen molar-refractivity contribution in [2.24, 2.45) is 0 Å². The summed E-state index contributed by atoms with van der Waals surface area (Å²) in [6.07, 6.45) is 3.29. The summed E-state index contributed by atoms with van der Waals surface area (Å²) in [6.45, 7) is 2.15. The van der Waals surface area contributed by atoms with Crippen LogP contribution in [-0.4, -0.2) is 27.7 Å². The summed E-state index contributed by atoms with van der Waals surface area (Å²) in [5.74, 6) is 1.91. The Morgan fingerprint density at radius 3 is 2.93 bits per heavy atom. The monoisotopic (exact) mass is 289 g/mol. The molecule has 1 aromatic rings. The lowest BCUT2D eigenvalue weighted by molar-refractivity contribution is 0.199. The first kappa shape index (κ1) is 13.0. The number of pyridine rings is 1. The van der Waals surface area contributed by atoms with Gasteiger partial charge in [0.25, 0.3) is 0 Å². The first-order valence-electron chi connectivity index (χ1n) is 5.08. The van der Waals surface area contributed by atoms with Gasteiger partial charge in [-0.2, -0.15) is 11.8 Å². The Morgan fingerprint density at radius 1 is 1.53 bits per heavy atom. The second kappa shape index (κ2) is 7.25. The Morgan fingerprint density at radius 2 is 2.33 bits per heavy atom. The maximum Gasteiger partial charge on any atom is 0.0685 e. The van der Waals surface area contributed by atoms with Crippen LogP contribution in [0.5, 0.6) is 0 Å². The fraction of sp³-hybridized carbons (Fsp3) is 0.545. The van der Waals surface area contributed by atoms with Crippen LogP contribution < -0.4 is 0 Å². The third kappa shape index (κ3) is 5.54. The molecule has 0 amide bonds. The molecule has 1 heterocycles. The van der Waals surface area contributed by atoms with E-state index in [1.165, 1.54) is 0 Å². The molecular weight excluding hydrogens is 274 g/mol. The van der Waals surface area contributed by atoms with E-state index in [0.717, 1.165) is 28.1 Å². The van der Waals surface area contributed by atoms with Gasteiger partial charge in [-0.1, -0.05) is 6.92 Å². The topological polar surface area (TPSA) is 33.1 Å². The minimum absolute atomic E-state index is 0.282. The van der Waals surface area contributed by atoms with E-state index >= 15 is 0 Å². The van der Waals surface area contributed by atoms with Gasteiger partial charge in [-0.05, 0) is 40.2 Å². The van der Waals surface area contributed by atoms with Gasteiger partial charge in [0.15, 0.2) is 0 Å². The maximum atomic E-state index is 9.73. The number of thioether (sulfide) groups is 1. The number of aromatic nitrogens is 1. The number of aliphatic hydroxyl groups excluding tert-OH is 1. The van der Waals surface area contributed by atoms with Crippen molar-refractivity contribution < 1.29 is 5.11 Å². The van der Waals surface area contributed by atoms with Crippen LogP contribution in [0.15, 0.2) is 22.8 Å². The molecule has 4 heteroatoms. The molecule has 0 fully saturated rings. The summed E-state index contributed by atoms with van der Waals surface area (Å²) in [4.78, 5) is 4.23. The van der Waals surface area contributed by atoms with Crippen LogP contribution >= 0.6 is 27.7 Å². The van der Waals surface area contributed by atoms with Crippen molar-refractivity contribution in [3.63, 3.8) is 0 Å².